The standard InChI is InChI=1S/C11H18F2N/c12-10-6-2-3-7-11(10,13)14-8-4-1-5-9-14/h1-9H2. The second-order valence-corrected chi connectivity index (χ2v) is 4.42. The summed E-state index contributed by atoms with van der Waals surface area (Å²) in [6.07, 6.45) is 5.08. The van der Waals surface area contributed by atoms with Gasteiger partial charge in [-0.05, 0) is 38.5 Å². The molecule has 1 nitrogen and oxygen atoms in total. The first-order chi connectivity index (χ1) is 6.73. The number of hydrogen-bond acceptors (Lipinski definition) is 1. The van der Waals surface area contributed by atoms with Crippen molar-refractivity contribution in [2.75, 3.05) is 13.1 Å². The molecule has 2 aliphatic rings. The van der Waals surface area contributed by atoms with Gasteiger partial charge in [0.15, 0.2) is 6.17 Å². The Hall–Kier alpha value is -0.180. The van der Waals surface area contributed by atoms with E-state index < -0.39 is 12.0 Å². The van der Waals surface area contributed by atoms with Crippen LogP contribution in [0.15, 0.2) is 0 Å². The molecule has 1 unspecified atom stereocenters. The second kappa shape index (κ2) is 4.13. The molecule has 1 saturated carbocycles. The van der Waals surface area contributed by atoms with Crippen molar-refractivity contribution >= 4 is 0 Å². The van der Waals surface area contributed by atoms with E-state index in [1.54, 1.807) is 4.90 Å². The van der Waals surface area contributed by atoms with Gasteiger partial charge in [0.05, 0.1) is 0 Å². The SMILES string of the molecule is F[C]1CCCCC1(F)N1CCCCC1. The quantitative estimate of drug-likeness (QED) is 0.590. The highest BCUT2D eigenvalue weighted by Gasteiger charge is 2.47. The molecule has 0 amide bonds. The number of nitrogens with zero attached hydrogens (tertiary/aromatic N) is 1. The number of hydrogen-bond donors (Lipinski definition) is 0. The third-order valence-electron chi connectivity index (χ3n) is 3.43. The lowest BCUT2D eigenvalue weighted by Crippen LogP contribution is -2.51. The molecule has 2 rings (SSSR count). The van der Waals surface area contributed by atoms with Crippen LogP contribution in [0.4, 0.5) is 8.78 Å². The van der Waals surface area contributed by atoms with E-state index >= 15 is 0 Å². The maximum Gasteiger partial charge on any atom is 0.201 e. The van der Waals surface area contributed by atoms with Crippen LogP contribution in [0.2, 0.25) is 0 Å². The molecule has 1 heterocycles. The van der Waals surface area contributed by atoms with Crippen molar-refractivity contribution < 1.29 is 8.78 Å². The highest BCUT2D eigenvalue weighted by Crippen LogP contribution is 2.43. The summed E-state index contributed by atoms with van der Waals surface area (Å²) in [7, 11) is 0. The molecule has 0 aromatic heterocycles. The topological polar surface area (TPSA) is 3.24 Å². The van der Waals surface area contributed by atoms with Crippen LogP contribution in [0.1, 0.15) is 44.9 Å². The molecule has 0 spiro atoms. The van der Waals surface area contributed by atoms with E-state index in [0.29, 0.717) is 12.8 Å². The van der Waals surface area contributed by atoms with Gasteiger partial charge in [0.25, 0.3) is 0 Å². The molecule has 2 fully saturated rings. The molecule has 81 valence electrons. The highest BCUT2D eigenvalue weighted by molar-refractivity contribution is 5.03. The van der Waals surface area contributed by atoms with Crippen LogP contribution < -0.4 is 0 Å². The van der Waals surface area contributed by atoms with E-state index in [2.05, 4.69) is 0 Å². The highest BCUT2D eigenvalue weighted by atomic mass is 19.2. The molecular weight excluding hydrogens is 184 g/mol. The maximum atomic E-state index is 14.4. The van der Waals surface area contributed by atoms with Crippen molar-refractivity contribution in [2.45, 2.75) is 50.7 Å². The summed E-state index contributed by atoms with van der Waals surface area (Å²) in [4.78, 5) is 1.71. The molecular formula is C11H18F2N. The van der Waals surface area contributed by atoms with Gasteiger partial charge in [0.2, 0.25) is 5.79 Å². The first-order valence-corrected chi connectivity index (χ1v) is 5.69. The number of piperidine rings is 1. The van der Waals surface area contributed by atoms with Gasteiger partial charge in [-0.25, -0.2) is 8.78 Å². The summed E-state index contributed by atoms with van der Waals surface area (Å²) in [5.41, 5.74) is 0. The molecule has 3 heteroatoms. The predicted octanol–water partition coefficient (Wildman–Crippen LogP) is 3.21. The lowest BCUT2D eigenvalue weighted by Gasteiger charge is -2.43. The number of rotatable bonds is 1. The van der Waals surface area contributed by atoms with Crippen molar-refractivity contribution in [3.63, 3.8) is 0 Å². The Labute approximate surface area is 84.5 Å². The Morgan fingerprint density at radius 2 is 1.71 bits per heavy atom. The molecule has 0 aromatic rings. The Morgan fingerprint density at radius 3 is 2.36 bits per heavy atom. The van der Waals surface area contributed by atoms with Crippen molar-refractivity contribution in [1.29, 1.82) is 0 Å². The van der Waals surface area contributed by atoms with Crippen LogP contribution in [-0.4, -0.2) is 23.8 Å². The third kappa shape index (κ3) is 1.79. The van der Waals surface area contributed by atoms with E-state index in [4.69, 9.17) is 0 Å². The van der Waals surface area contributed by atoms with E-state index in [-0.39, 0.29) is 0 Å². The Kier molecular flexibility index (Phi) is 3.05. The van der Waals surface area contributed by atoms with Crippen LogP contribution in [0.5, 0.6) is 0 Å². The van der Waals surface area contributed by atoms with Crippen LogP contribution in [0.3, 0.4) is 0 Å². The van der Waals surface area contributed by atoms with Crippen LogP contribution in [0, 0.1) is 6.17 Å². The minimum Gasteiger partial charge on any atom is -0.269 e. The van der Waals surface area contributed by atoms with Gasteiger partial charge in [-0.15, -0.1) is 0 Å². The van der Waals surface area contributed by atoms with E-state index in [9.17, 15) is 8.78 Å². The van der Waals surface area contributed by atoms with Crippen molar-refractivity contribution in [2.24, 2.45) is 0 Å². The number of alkyl halides is 1. The van der Waals surface area contributed by atoms with Gasteiger partial charge in [0, 0.05) is 13.1 Å². The Bertz CT molecular complexity index is 192. The summed E-state index contributed by atoms with van der Waals surface area (Å²) in [6, 6.07) is 0. The van der Waals surface area contributed by atoms with Crippen LogP contribution >= 0.6 is 0 Å². The molecule has 1 saturated heterocycles. The zero-order chi connectivity index (χ0) is 10.0. The van der Waals surface area contributed by atoms with Gasteiger partial charge >= 0.3 is 0 Å². The number of halogens is 2. The summed E-state index contributed by atoms with van der Waals surface area (Å²) >= 11 is 0. The van der Waals surface area contributed by atoms with Gasteiger partial charge in [-0.1, -0.05) is 6.42 Å². The first-order valence-electron chi connectivity index (χ1n) is 5.69. The maximum absolute atomic E-state index is 14.4. The Morgan fingerprint density at radius 1 is 1.00 bits per heavy atom. The smallest absolute Gasteiger partial charge is 0.201 e. The zero-order valence-corrected chi connectivity index (χ0v) is 8.57. The first kappa shape index (κ1) is 10.3. The molecule has 1 atom stereocenters. The van der Waals surface area contributed by atoms with Gasteiger partial charge in [0.1, 0.15) is 0 Å². The van der Waals surface area contributed by atoms with Gasteiger partial charge in [-0.3, -0.25) is 4.90 Å². The molecule has 1 radical (unpaired) electrons. The van der Waals surface area contributed by atoms with Gasteiger partial charge in [-0.2, -0.15) is 0 Å². The molecule has 1 aliphatic carbocycles. The lowest BCUT2D eigenvalue weighted by molar-refractivity contribution is -0.0791. The summed E-state index contributed by atoms with van der Waals surface area (Å²) in [5.74, 6) is -1.71. The van der Waals surface area contributed by atoms with Gasteiger partial charge < -0.3 is 0 Å². The zero-order valence-electron chi connectivity index (χ0n) is 8.57. The summed E-state index contributed by atoms with van der Waals surface area (Å²) in [5, 5.41) is 0. The van der Waals surface area contributed by atoms with E-state index in [0.717, 1.165) is 45.2 Å². The average Bonchev–Trinajstić information content (AvgIpc) is 2.24. The molecule has 1 aliphatic heterocycles. The summed E-state index contributed by atoms with van der Waals surface area (Å²) < 4.78 is 27.9. The van der Waals surface area contributed by atoms with Crippen LogP contribution in [0.25, 0.3) is 0 Å². The third-order valence-corrected chi connectivity index (χ3v) is 3.43. The molecule has 0 aromatic carbocycles. The summed E-state index contributed by atoms with van der Waals surface area (Å²) in [6.45, 7) is 1.45. The molecule has 14 heavy (non-hydrogen) atoms. The largest absolute Gasteiger partial charge is 0.269 e. The normalized spacial score (nSPS) is 37.3. The van der Waals surface area contributed by atoms with E-state index in [1.807, 2.05) is 0 Å². The minimum atomic E-state index is -1.71. The average molecular weight is 202 g/mol. The van der Waals surface area contributed by atoms with E-state index in [1.165, 1.54) is 0 Å². The van der Waals surface area contributed by atoms with Crippen molar-refractivity contribution in [3.8, 4) is 0 Å². The lowest BCUT2D eigenvalue weighted by atomic mass is 9.88. The fourth-order valence-corrected chi connectivity index (χ4v) is 2.54. The van der Waals surface area contributed by atoms with Crippen molar-refractivity contribution in [1.82, 2.24) is 4.90 Å². The van der Waals surface area contributed by atoms with Crippen molar-refractivity contribution in [3.05, 3.63) is 6.17 Å². The Balaban J connectivity index is 2.03. The van der Waals surface area contributed by atoms with Crippen LogP contribution in [-0.2, 0) is 0 Å². The fourth-order valence-electron chi connectivity index (χ4n) is 2.54. The fraction of sp³-hybridized carbons (Fsp3) is 0.909. The molecule has 0 bridgehead atoms. The second-order valence-electron chi connectivity index (χ2n) is 4.42. The predicted molar refractivity (Wildman–Crippen MR) is 52.1 cm³/mol. The number of likely N-dealkylation sites (tertiary alicyclic amines) is 1. The molecule has 0 N–H and O–H groups in total. The minimum absolute atomic E-state index is 0.326. The monoisotopic (exact) mass is 202 g/mol.